The van der Waals surface area contributed by atoms with Gasteiger partial charge in [-0.1, -0.05) is 18.2 Å². The summed E-state index contributed by atoms with van der Waals surface area (Å²) < 4.78 is 66.7. The number of para-hydroxylation sites is 1. The van der Waals surface area contributed by atoms with Crippen molar-refractivity contribution in [3.63, 3.8) is 0 Å². The van der Waals surface area contributed by atoms with Gasteiger partial charge in [0.2, 0.25) is 4.08 Å². The van der Waals surface area contributed by atoms with E-state index >= 15 is 0 Å². The molecule has 2 aliphatic rings. The Morgan fingerprint density at radius 1 is 0.946 bits per heavy atom. The summed E-state index contributed by atoms with van der Waals surface area (Å²) in [6, 6.07) is 11.5. The van der Waals surface area contributed by atoms with Gasteiger partial charge in [-0.25, -0.2) is 16.8 Å². The smallest absolute Gasteiger partial charge is 0.220 e. The van der Waals surface area contributed by atoms with Gasteiger partial charge in [0.05, 0.1) is 26.9 Å². The fraction of sp³-hybridized carbons (Fsp3) is 0.538. The minimum absolute atomic E-state index is 0.177. The first-order valence-corrected chi connectivity index (χ1v) is 16.0. The van der Waals surface area contributed by atoms with Gasteiger partial charge in [0.15, 0.2) is 31.2 Å². The third-order valence-electron chi connectivity index (χ3n) is 7.52. The highest BCUT2D eigenvalue weighted by Gasteiger charge is 2.57. The van der Waals surface area contributed by atoms with E-state index in [1.165, 1.54) is 31.5 Å². The molecule has 1 atom stereocenters. The van der Waals surface area contributed by atoms with Crippen molar-refractivity contribution >= 4 is 25.4 Å². The number of aryl methyl sites for hydroxylation is 1. The third kappa shape index (κ3) is 5.06. The van der Waals surface area contributed by atoms with Crippen molar-refractivity contribution in [1.29, 1.82) is 0 Å². The quantitative estimate of drug-likeness (QED) is 0.489. The predicted molar refractivity (Wildman–Crippen MR) is 144 cm³/mol. The molecule has 0 bridgehead atoms. The van der Waals surface area contributed by atoms with Crippen LogP contribution in [0.2, 0.25) is 0 Å². The average Bonchev–Trinajstić information content (AvgIpc) is 2.85. The Morgan fingerprint density at radius 2 is 1.54 bits per heavy atom. The number of sulfone groups is 2. The molecule has 37 heavy (non-hydrogen) atoms. The molecule has 9 nitrogen and oxygen atoms in total. The second-order valence-corrected chi connectivity index (χ2v) is 14.5. The number of piperazine rings is 1. The molecule has 0 aliphatic carbocycles. The molecule has 0 aromatic heterocycles. The Balaban J connectivity index is 1.59. The molecule has 2 aromatic rings. The molecule has 1 fully saturated rings. The summed E-state index contributed by atoms with van der Waals surface area (Å²) in [4.78, 5) is 4.75. The van der Waals surface area contributed by atoms with Crippen molar-refractivity contribution in [2.75, 3.05) is 71.0 Å². The van der Waals surface area contributed by atoms with Gasteiger partial charge >= 0.3 is 0 Å². The molecule has 11 heteroatoms. The molecule has 2 aromatic carbocycles. The normalized spacial score (nSPS) is 20.4. The van der Waals surface area contributed by atoms with Crippen LogP contribution in [0.5, 0.6) is 11.5 Å². The first kappa shape index (κ1) is 27.7. The maximum absolute atomic E-state index is 13.0. The number of hydrogen-bond acceptors (Lipinski definition) is 9. The number of anilines is 1. The zero-order valence-electron chi connectivity index (χ0n) is 22.1. The lowest BCUT2D eigenvalue weighted by Gasteiger charge is -2.41. The SMILES string of the molecule is COc1cc2c(cc1OC)C(S(C)(=O)=O)(S(C)(=O)=O)COC2CCN1CCN(c2ccccc2C)CC1. The Kier molecular flexibility index (Phi) is 7.81. The summed E-state index contributed by atoms with van der Waals surface area (Å²) in [6.07, 6.45) is 1.97. The fourth-order valence-corrected chi connectivity index (χ4v) is 9.34. The lowest BCUT2D eigenvalue weighted by atomic mass is 9.94. The van der Waals surface area contributed by atoms with Gasteiger partial charge in [-0.3, -0.25) is 4.90 Å². The van der Waals surface area contributed by atoms with E-state index in [9.17, 15) is 16.8 Å². The Morgan fingerprint density at radius 3 is 2.11 bits per heavy atom. The van der Waals surface area contributed by atoms with Crippen LogP contribution in [-0.2, 0) is 28.5 Å². The predicted octanol–water partition coefficient (Wildman–Crippen LogP) is 2.54. The highest BCUT2D eigenvalue weighted by molar-refractivity contribution is 8.09. The lowest BCUT2D eigenvalue weighted by Crippen LogP contribution is -2.50. The fourth-order valence-electron chi connectivity index (χ4n) is 5.43. The van der Waals surface area contributed by atoms with E-state index in [1.807, 2.05) is 6.07 Å². The van der Waals surface area contributed by atoms with Crippen LogP contribution in [0.3, 0.4) is 0 Å². The third-order valence-corrected chi connectivity index (χ3v) is 12.4. The standard InChI is InChI=1S/C26H36N2O7S2/c1-19-8-6-7-9-22(19)28-14-12-27(13-15-28)11-10-23-20-16-24(33-2)25(34-3)17-21(20)26(18-35-23,36(4,29)30)37(5,31)32/h6-9,16-17,23H,10-15,18H2,1-5H3. The summed E-state index contributed by atoms with van der Waals surface area (Å²) in [5.41, 5.74) is 3.19. The van der Waals surface area contributed by atoms with Gasteiger partial charge in [0.25, 0.3) is 0 Å². The molecular formula is C26H36N2O7S2. The maximum atomic E-state index is 13.0. The molecule has 0 radical (unpaired) electrons. The van der Waals surface area contributed by atoms with E-state index in [1.54, 1.807) is 6.07 Å². The summed E-state index contributed by atoms with van der Waals surface area (Å²) in [5.74, 6) is 0.658. The second-order valence-electron chi connectivity index (χ2n) is 9.80. The molecule has 2 aliphatic heterocycles. The van der Waals surface area contributed by atoms with Crippen molar-refractivity contribution in [3.05, 3.63) is 53.1 Å². The van der Waals surface area contributed by atoms with E-state index in [0.717, 1.165) is 45.2 Å². The molecule has 0 amide bonds. The summed E-state index contributed by atoms with van der Waals surface area (Å²) in [5, 5.41) is 0. The highest BCUT2D eigenvalue weighted by Crippen LogP contribution is 2.49. The molecule has 4 rings (SSSR count). The summed E-state index contributed by atoms with van der Waals surface area (Å²) >= 11 is 0. The van der Waals surface area contributed by atoms with E-state index in [0.29, 0.717) is 17.7 Å². The van der Waals surface area contributed by atoms with Gasteiger partial charge in [-0.2, -0.15) is 0 Å². The molecule has 1 saturated heterocycles. The minimum atomic E-state index is -4.12. The summed E-state index contributed by atoms with van der Waals surface area (Å²) in [7, 11) is -5.33. The van der Waals surface area contributed by atoms with Crippen LogP contribution < -0.4 is 14.4 Å². The van der Waals surface area contributed by atoms with Gasteiger partial charge < -0.3 is 19.1 Å². The first-order chi connectivity index (χ1) is 17.4. The number of ether oxygens (including phenoxy) is 3. The van der Waals surface area contributed by atoms with E-state index < -0.39 is 36.5 Å². The van der Waals surface area contributed by atoms with E-state index in [2.05, 4.69) is 34.9 Å². The van der Waals surface area contributed by atoms with Crippen LogP contribution in [-0.4, -0.2) is 87.8 Å². The largest absolute Gasteiger partial charge is 0.493 e. The molecule has 2 heterocycles. The van der Waals surface area contributed by atoms with Gasteiger partial charge in [-0.05, 0) is 42.7 Å². The molecule has 0 spiro atoms. The minimum Gasteiger partial charge on any atom is -0.493 e. The van der Waals surface area contributed by atoms with E-state index in [4.69, 9.17) is 14.2 Å². The second kappa shape index (κ2) is 10.4. The maximum Gasteiger partial charge on any atom is 0.220 e. The van der Waals surface area contributed by atoms with Crippen molar-refractivity contribution in [2.45, 2.75) is 23.5 Å². The van der Waals surface area contributed by atoms with Crippen molar-refractivity contribution in [3.8, 4) is 11.5 Å². The van der Waals surface area contributed by atoms with Crippen LogP contribution >= 0.6 is 0 Å². The number of nitrogens with zero attached hydrogens (tertiary/aromatic N) is 2. The number of hydrogen-bond donors (Lipinski definition) is 0. The Labute approximate surface area is 220 Å². The first-order valence-electron chi connectivity index (χ1n) is 12.2. The van der Waals surface area contributed by atoms with Gasteiger partial charge in [0.1, 0.15) is 0 Å². The van der Waals surface area contributed by atoms with Gasteiger partial charge in [-0.15, -0.1) is 0 Å². The highest BCUT2D eigenvalue weighted by atomic mass is 32.3. The molecular weight excluding hydrogens is 516 g/mol. The van der Waals surface area contributed by atoms with Crippen molar-refractivity contribution in [1.82, 2.24) is 4.90 Å². The summed E-state index contributed by atoms with van der Waals surface area (Å²) in [6.45, 7) is 5.96. The Hall–Kier alpha value is -2.34. The topological polar surface area (TPSA) is 102 Å². The van der Waals surface area contributed by atoms with Crippen LogP contribution in [0.1, 0.15) is 29.2 Å². The van der Waals surface area contributed by atoms with Crippen molar-refractivity contribution in [2.24, 2.45) is 0 Å². The van der Waals surface area contributed by atoms with Crippen molar-refractivity contribution < 1.29 is 31.0 Å². The van der Waals surface area contributed by atoms with Crippen LogP contribution in [0.4, 0.5) is 5.69 Å². The number of rotatable bonds is 8. The molecule has 0 N–H and O–H groups in total. The Bertz CT molecular complexity index is 1320. The van der Waals surface area contributed by atoms with Gasteiger partial charge in [0, 0.05) is 56.5 Å². The molecule has 0 saturated carbocycles. The zero-order valence-corrected chi connectivity index (χ0v) is 23.7. The molecule has 1 unspecified atom stereocenters. The van der Waals surface area contributed by atoms with Crippen LogP contribution in [0, 0.1) is 6.92 Å². The lowest BCUT2D eigenvalue weighted by molar-refractivity contribution is 0.0198. The zero-order chi connectivity index (χ0) is 27.0. The van der Waals surface area contributed by atoms with Crippen LogP contribution in [0.25, 0.3) is 0 Å². The van der Waals surface area contributed by atoms with Crippen LogP contribution in [0.15, 0.2) is 36.4 Å². The number of fused-ring (bicyclic) bond motifs is 1. The number of benzene rings is 2. The monoisotopic (exact) mass is 552 g/mol. The van der Waals surface area contributed by atoms with E-state index in [-0.39, 0.29) is 11.3 Å². The average molecular weight is 553 g/mol. The number of methoxy groups -OCH3 is 2. The molecule has 204 valence electrons.